The van der Waals surface area contributed by atoms with E-state index in [1.165, 1.54) is 96.3 Å². The van der Waals surface area contributed by atoms with Gasteiger partial charge in [-0.25, -0.2) is 0 Å². The Morgan fingerprint density at radius 3 is 2.48 bits per heavy atom. The molecule has 0 unspecified atom stereocenters. The SMILES string of the molecule is C=C1C[C@]2(CC[C@]3(CCC[C@H]3CO)C2)[C@@H]2O[C@]2(C)CC[C@@H]2[C@@H]1C[C@@]2(C)C1CCCCC1. The van der Waals surface area contributed by atoms with E-state index in [0.717, 1.165) is 17.8 Å². The lowest BCUT2D eigenvalue weighted by atomic mass is 9.45. The molecule has 31 heavy (non-hydrogen) atoms. The molecular formula is C29H46O2. The van der Waals surface area contributed by atoms with Crippen molar-refractivity contribution in [1.82, 2.24) is 0 Å². The average molecular weight is 427 g/mol. The zero-order chi connectivity index (χ0) is 21.5. The largest absolute Gasteiger partial charge is 0.396 e. The van der Waals surface area contributed by atoms with E-state index in [1.807, 2.05) is 0 Å². The molecule has 6 rings (SSSR count). The Hall–Kier alpha value is -0.340. The van der Waals surface area contributed by atoms with Crippen LogP contribution in [0.1, 0.15) is 110 Å². The number of aliphatic hydroxyl groups is 1. The fourth-order valence-corrected chi connectivity index (χ4v) is 10.4. The summed E-state index contributed by atoms with van der Waals surface area (Å²) >= 11 is 0. The van der Waals surface area contributed by atoms with Gasteiger partial charge in [0.25, 0.3) is 0 Å². The Morgan fingerprint density at radius 2 is 1.71 bits per heavy atom. The molecule has 0 aromatic carbocycles. The maximum atomic E-state index is 10.1. The lowest BCUT2D eigenvalue weighted by molar-refractivity contribution is -0.0811. The highest BCUT2D eigenvalue weighted by atomic mass is 16.6. The van der Waals surface area contributed by atoms with Gasteiger partial charge in [0, 0.05) is 12.0 Å². The van der Waals surface area contributed by atoms with Gasteiger partial charge in [-0.3, -0.25) is 0 Å². The van der Waals surface area contributed by atoms with Crippen molar-refractivity contribution in [3.63, 3.8) is 0 Å². The van der Waals surface area contributed by atoms with Crippen molar-refractivity contribution in [2.75, 3.05) is 6.61 Å². The van der Waals surface area contributed by atoms with Crippen molar-refractivity contribution in [2.45, 2.75) is 122 Å². The number of epoxide rings is 1. The van der Waals surface area contributed by atoms with E-state index < -0.39 is 0 Å². The van der Waals surface area contributed by atoms with Crippen LogP contribution >= 0.6 is 0 Å². The van der Waals surface area contributed by atoms with Crippen molar-refractivity contribution in [2.24, 2.45) is 39.9 Å². The highest BCUT2D eigenvalue weighted by molar-refractivity contribution is 5.24. The standard InChI is InChI=1S/C29H46O2/c1-20-16-29(15-14-28(19-29)12-7-10-22(28)18-30)25-27(3,31-25)13-11-24-23(20)17-26(24,2)21-8-5-4-6-9-21/h21-25,30H,1,4-19H2,2-3H3/t22-,23+,24+,25+,26-,27+,28+,29-/m0/s1. The number of rotatable bonds is 2. The summed E-state index contributed by atoms with van der Waals surface area (Å²) in [5, 5.41) is 10.1. The first-order chi connectivity index (χ1) is 14.8. The lowest BCUT2D eigenvalue weighted by Crippen LogP contribution is -2.52. The Labute approximate surface area is 190 Å². The summed E-state index contributed by atoms with van der Waals surface area (Å²) < 4.78 is 6.66. The smallest absolute Gasteiger partial charge is 0.0930 e. The molecule has 0 bridgehead atoms. The molecule has 5 saturated carbocycles. The Bertz CT molecular complexity index is 739. The molecule has 1 aliphatic heterocycles. The topological polar surface area (TPSA) is 32.8 Å². The molecule has 1 N–H and O–H groups in total. The van der Waals surface area contributed by atoms with Crippen LogP contribution in [-0.4, -0.2) is 23.4 Å². The van der Waals surface area contributed by atoms with E-state index in [-0.39, 0.29) is 5.60 Å². The Morgan fingerprint density at radius 1 is 0.935 bits per heavy atom. The van der Waals surface area contributed by atoms with Crippen LogP contribution in [0.25, 0.3) is 0 Å². The first-order valence-electron chi connectivity index (χ1n) is 13.8. The predicted molar refractivity (Wildman–Crippen MR) is 126 cm³/mol. The molecule has 2 heteroatoms. The summed E-state index contributed by atoms with van der Waals surface area (Å²) in [5.41, 5.74) is 2.93. The Kier molecular flexibility index (Phi) is 4.84. The third-order valence-corrected chi connectivity index (χ3v) is 12.2. The highest BCUT2D eigenvalue weighted by Gasteiger charge is 2.69. The minimum atomic E-state index is 0.108. The van der Waals surface area contributed by atoms with Gasteiger partial charge in [-0.2, -0.15) is 0 Å². The van der Waals surface area contributed by atoms with Gasteiger partial charge in [-0.05, 0) is 112 Å². The van der Waals surface area contributed by atoms with E-state index in [9.17, 15) is 5.11 Å². The summed E-state index contributed by atoms with van der Waals surface area (Å²) in [6, 6.07) is 0. The van der Waals surface area contributed by atoms with E-state index >= 15 is 0 Å². The molecule has 1 saturated heterocycles. The molecule has 1 heterocycles. The summed E-state index contributed by atoms with van der Waals surface area (Å²) in [6.07, 6.45) is 20.8. The monoisotopic (exact) mass is 426 g/mol. The van der Waals surface area contributed by atoms with E-state index in [4.69, 9.17) is 11.3 Å². The third kappa shape index (κ3) is 3.02. The molecule has 8 atom stereocenters. The first kappa shape index (κ1) is 21.2. The maximum absolute atomic E-state index is 10.1. The lowest BCUT2D eigenvalue weighted by Gasteiger charge is -2.59. The second-order valence-electron chi connectivity index (χ2n) is 13.6. The molecule has 0 aromatic rings. The summed E-state index contributed by atoms with van der Waals surface area (Å²) in [5.74, 6) is 3.08. The number of aliphatic hydroxyl groups excluding tert-OH is 1. The summed E-state index contributed by atoms with van der Waals surface area (Å²) in [6.45, 7) is 10.3. The second kappa shape index (κ2) is 7.08. The molecule has 6 fully saturated rings. The van der Waals surface area contributed by atoms with Crippen molar-refractivity contribution < 1.29 is 9.84 Å². The van der Waals surface area contributed by atoms with E-state index in [0.29, 0.717) is 34.9 Å². The number of ether oxygens (including phenoxy) is 1. The molecular weight excluding hydrogens is 380 g/mol. The normalized spacial score (nSPS) is 54.7. The maximum Gasteiger partial charge on any atom is 0.0930 e. The molecule has 2 spiro atoms. The highest BCUT2D eigenvalue weighted by Crippen LogP contribution is 2.71. The van der Waals surface area contributed by atoms with Crippen molar-refractivity contribution in [1.29, 1.82) is 0 Å². The van der Waals surface area contributed by atoms with Crippen molar-refractivity contribution in [3.05, 3.63) is 12.2 Å². The van der Waals surface area contributed by atoms with Gasteiger partial charge in [-0.15, -0.1) is 0 Å². The molecule has 0 aromatic heterocycles. The van der Waals surface area contributed by atoms with Gasteiger partial charge in [0.1, 0.15) is 0 Å². The number of hydrogen-bond donors (Lipinski definition) is 1. The molecule has 174 valence electrons. The zero-order valence-corrected chi connectivity index (χ0v) is 20.3. The number of allylic oxidation sites excluding steroid dienone is 1. The van der Waals surface area contributed by atoms with Gasteiger partial charge in [-0.1, -0.05) is 44.8 Å². The Balaban J connectivity index is 1.26. The van der Waals surface area contributed by atoms with Gasteiger partial charge in [0.15, 0.2) is 0 Å². The van der Waals surface area contributed by atoms with Crippen LogP contribution in [0.15, 0.2) is 12.2 Å². The van der Waals surface area contributed by atoms with Gasteiger partial charge < -0.3 is 9.84 Å². The first-order valence-corrected chi connectivity index (χ1v) is 13.8. The van der Waals surface area contributed by atoms with Crippen molar-refractivity contribution >= 4 is 0 Å². The van der Waals surface area contributed by atoms with Crippen LogP contribution in [0.3, 0.4) is 0 Å². The van der Waals surface area contributed by atoms with Crippen LogP contribution in [-0.2, 0) is 4.74 Å². The van der Waals surface area contributed by atoms with E-state index in [1.54, 1.807) is 5.57 Å². The number of fused-ring (bicyclic) bond motifs is 3. The zero-order valence-electron chi connectivity index (χ0n) is 20.3. The van der Waals surface area contributed by atoms with Crippen LogP contribution in [0.2, 0.25) is 0 Å². The summed E-state index contributed by atoms with van der Waals surface area (Å²) in [4.78, 5) is 0. The van der Waals surface area contributed by atoms with Crippen LogP contribution < -0.4 is 0 Å². The molecule has 0 amide bonds. The minimum absolute atomic E-state index is 0.108. The molecule has 5 aliphatic carbocycles. The number of hydrogen-bond acceptors (Lipinski definition) is 2. The molecule has 0 radical (unpaired) electrons. The molecule has 2 nitrogen and oxygen atoms in total. The van der Waals surface area contributed by atoms with Crippen LogP contribution in [0.4, 0.5) is 0 Å². The van der Waals surface area contributed by atoms with Crippen molar-refractivity contribution in [3.8, 4) is 0 Å². The minimum Gasteiger partial charge on any atom is -0.396 e. The van der Waals surface area contributed by atoms with Crippen LogP contribution in [0, 0.1) is 39.9 Å². The van der Waals surface area contributed by atoms with Gasteiger partial charge in [0.2, 0.25) is 0 Å². The second-order valence-corrected chi connectivity index (χ2v) is 13.6. The quantitative estimate of drug-likeness (QED) is 0.379. The van der Waals surface area contributed by atoms with Crippen LogP contribution in [0.5, 0.6) is 0 Å². The third-order valence-electron chi connectivity index (χ3n) is 12.2. The summed E-state index contributed by atoms with van der Waals surface area (Å²) in [7, 11) is 0. The fourth-order valence-electron chi connectivity index (χ4n) is 10.4. The average Bonchev–Trinajstić information content (AvgIpc) is 3.10. The molecule has 6 aliphatic rings. The predicted octanol–water partition coefficient (Wildman–Crippen LogP) is 7.06. The fraction of sp³-hybridized carbons (Fsp3) is 0.931. The van der Waals surface area contributed by atoms with Gasteiger partial charge in [0.05, 0.1) is 11.7 Å². The van der Waals surface area contributed by atoms with Gasteiger partial charge >= 0.3 is 0 Å². The van der Waals surface area contributed by atoms with E-state index in [2.05, 4.69) is 13.8 Å².